The molecule has 10 nitrogen and oxygen atoms in total. The molecule has 10 heteroatoms. The summed E-state index contributed by atoms with van der Waals surface area (Å²) in [6.45, 7) is 0. The summed E-state index contributed by atoms with van der Waals surface area (Å²) in [6.07, 6.45) is 2.43. The lowest BCUT2D eigenvalue weighted by atomic mass is 10.4. The van der Waals surface area contributed by atoms with Crippen molar-refractivity contribution in [3.63, 3.8) is 0 Å². The first-order valence-corrected chi connectivity index (χ1v) is 6.94. The normalized spacial score (nSPS) is 18.2. The molecule has 0 atom stereocenters. The van der Waals surface area contributed by atoms with E-state index in [0.29, 0.717) is 0 Å². The van der Waals surface area contributed by atoms with Crippen LogP contribution >= 0.6 is 0 Å². The number of hydrogen-bond donors (Lipinski definition) is 0. The summed E-state index contributed by atoms with van der Waals surface area (Å²) in [7, 11) is 5.63. The minimum atomic E-state index is -0.564. The number of hydrogen-bond acceptors (Lipinski definition) is 6. The van der Waals surface area contributed by atoms with Crippen LogP contribution in [0, 0.1) is 0 Å². The Bertz CT molecular complexity index is 1260. The summed E-state index contributed by atoms with van der Waals surface area (Å²) >= 11 is 0. The highest BCUT2D eigenvalue weighted by atomic mass is 16.2. The summed E-state index contributed by atoms with van der Waals surface area (Å²) < 4.78 is 4.26. The fourth-order valence-corrected chi connectivity index (χ4v) is 2.51. The van der Waals surface area contributed by atoms with Crippen LogP contribution in [0.1, 0.15) is 0 Å². The third kappa shape index (κ3) is 1.96. The number of rotatable bonds is 0. The zero-order valence-corrected chi connectivity index (χ0v) is 13.5. The van der Waals surface area contributed by atoms with Crippen molar-refractivity contribution in [1.29, 1.82) is 0 Å². The van der Waals surface area contributed by atoms with Gasteiger partial charge in [-0.15, -0.1) is 0 Å². The first-order chi connectivity index (χ1) is 11.3. The second kappa shape index (κ2) is 5.11. The van der Waals surface area contributed by atoms with Gasteiger partial charge in [0.25, 0.3) is 11.1 Å². The zero-order chi connectivity index (χ0) is 17.8. The Morgan fingerprint density at radius 2 is 0.958 bits per heavy atom. The van der Waals surface area contributed by atoms with E-state index in [0.717, 1.165) is 9.13 Å². The van der Waals surface area contributed by atoms with Gasteiger partial charge in [0.2, 0.25) is 0 Å². The second-order valence-electron chi connectivity index (χ2n) is 5.40. The first kappa shape index (κ1) is 15.6. The summed E-state index contributed by atoms with van der Waals surface area (Å²) in [6, 6.07) is 0. The van der Waals surface area contributed by atoms with Crippen molar-refractivity contribution in [3.8, 4) is 0 Å². The second-order valence-corrected chi connectivity index (χ2v) is 5.40. The Balaban J connectivity index is 2.70. The Labute approximate surface area is 132 Å². The third-order valence-corrected chi connectivity index (χ3v) is 3.97. The van der Waals surface area contributed by atoms with E-state index in [4.69, 9.17) is 0 Å². The Hall–Kier alpha value is -3.30. The molecular weight excluding hydrogens is 316 g/mol. The van der Waals surface area contributed by atoms with Gasteiger partial charge in [-0.25, -0.2) is 19.6 Å². The fraction of sp³-hybridized carbons (Fsp3) is 0.286. The summed E-state index contributed by atoms with van der Waals surface area (Å²) in [5, 5.41) is 0.184. The highest BCUT2D eigenvalue weighted by molar-refractivity contribution is 5.26. The lowest BCUT2D eigenvalue weighted by Crippen LogP contribution is -2.59. The predicted octanol–water partition coefficient (Wildman–Crippen LogP) is -5.09. The van der Waals surface area contributed by atoms with Gasteiger partial charge in [-0.05, 0) is 0 Å². The third-order valence-electron chi connectivity index (χ3n) is 3.97. The van der Waals surface area contributed by atoms with Gasteiger partial charge in [0, 0.05) is 40.6 Å². The van der Waals surface area contributed by atoms with E-state index in [2.05, 4.69) is 9.98 Å². The van der Waals surface area contributed by atoms with Gasteiger partial charge in [0.15, 0.2) is 11.0 Å². The van der Waals surface area contributed by atoms with Gasteiger partial charge in [0.1, 0.15) is 10.4 Å². The van der Waals surface area contributed by atoms with Gasteiger partial charge >= 0.3 is 11.4 Å². The molecular formula is C14H14N6O4. The van der Waals surface area contributed by atoms with Gasteiger partial charge in [-0.3, -0.25) is 27.9 Å². The van der Waals surface area contributed by atoms with E-state index in [1.54, 1.807) is 0 Å². The molecule has 0 bridgehead atoms. The van der Waals surface area contributed by atoms with Crippen molar-refractivity contribution in [2.75, 3.05) is 0 Å². The molecule has 0 spiro atoms. The van der Waals surface area contributed by atoms with E-state index in [1.807, 2.05) is 0 Å². The van der Waals surface area contributed by atoms with Crippen LogP contribution < -0.4 is 43.9 Å². The molecule has 0 saturated carbocycles. The maximum absolute atomic E-state index is 12.3. The SMILES string of the molecule is Cn1c(=O)c2/c(n(C)c1=O)=N\C=c1\c(=O)n(C)c(=O)n(C)\c1=N\C=2. The minimum Gasteiger partial charge on any atom is -0.280 e. The first-order valence-electron chi connectivity index (χ1n) is 6.94. The van der Waals surface area contributed by atoms with Crippen molar-refractivity contribution in [2.24, 2.45) is 38.2 Å². The molecule has 0 unspecified atom stereocenters. The van der Waals surface area contributed by atoms with E-state index in [-0.39, 0.29) is 21.4 Å². The van der Waals surface area contributed by atoms with Crippen LogP contribution in [-0.2, 0) is 28.2 Å². The molecule has 3 heterocycles. The average molecular weight is 330 g/mol. The molecule has 124 valence electrons. The maximum atomic E-state index is 12.3. The van der Waals surface area contributed by atoms with Crippen LogP contribution in [0.15, 0.2) is 29.2 Å². The molecule has 1 aliphatic heterocycles. The molecule has 1 aliphatic rings. The largest absolute Gasteiger partial charge is 0.332 e. The molecule has 2 aromatic rings. The minimum absolute atomic E-state index is 0.0911. The molecule has 24 heavy (non-hydrogen) atoms. The highest BCUT2D eigenvalue weighted by Gasteiger charge is 2.09. The number of fused-ring (bicyclic) bond motifs is 2. The predicted molar refractivity (Wildman–Crippen MR) is 84.3 cm³/mol. The topological polar surface area (TPSA) is 113 Å². The highest BCUT2D eigenvalue weighted by Crippen LogP contribution is 1.71. The van der Waals surface area contributed by atoms with E-state index in [1.165, 1.54) is 49.7 Å². The molecule has 0 radical (unpaired) electrons. The summed E-state index contributed by atoms with van der Waals surface area (Å²) in [4.78, 5) is 56.9. The van der Waals surface area contributed by atoms with Gasteiger partial charge in [-0.1, -0.05) is 0 Å². The standard InChI is InChI=1S/C14H14N6O4/c1-17-9-7(11(21)19(3)13(17)23)5-16-10-8(6-15-9)12(22)20(4)14(24)18(10)2/h5-6H,1-4H3/b7-5+,8-6+,15-6?,15-9+,16-5?,16-10+. The lowest BCUT2D eigenvalue weighted by molar-refractivity contribution is 0.640. The van der Waals surface area contributed by atoms with Gasteiger partial charge < -0.3 is 0 Å². The molecule has 0 saturated heterocycles. The van der Waals surface area contributed by atoms with Gasteiger partial charge in [0.05, 0.1) is 0 Å². The molecule has 2 aromatic heterocycles. The van der Waals surface area contributed by atoms with E-state index < -0.39 is 22.5 Å². The van der Waals surface area contributed by atoms with Crippen LogP contribution in [0.5, 0.6) is 0 Å². The molecule has 0 aliphatic carbocycles. The Kier molecular flexibility index (Phi) is 3.32. The van der Waals surface area contributed by atoms with Crippen molar-refractivity contribution in [1.82, 2.24) is 18.3 Å². The van der Waals surface area contributed by atoms with Crippen LogP contribution in [0.3, 0.4) is 0 Å². The van der Waals surface area contributed by atoms with Crippen LogP contribution in [0.2, 0.25) is 0 Å². The Morgan fingerprint density at radius 1 is 0.625 bits per heavy atom. The molecule has 0 fully saturated rings. The fourth-order valence-electron chi connectivity index (χ4n) is 2.51. The number of aromatic nitrogens is 4. The van der Waals surface area contributed by atoms with Crippen molar-refractivity contribution < 1.29 is 0 Å². The van der Waals surface area contributed by atoms with Gasteiger partial charge in [-0.2, -0.15) is 0 Å². The monoisotopic (exact) mass is 330 g/mol. The van der Waals surface area contributed by atoms with Crippen LogP contribution in [-0.4, -0.2) is 18.3 Å². The number of nitrogens with zero attached hydrogens (tertiary/aromatic N) is 6. The lowest BCUT2D eigenvalue weighted by Gasteiger charge is -2.05. The van der Waals surface area contributed by atoms with Crippen LogP contribution in [0.4, 0.5) is 0 Å². The maximum Gasteiger partial charge on any atom is 0.332 e. The summed E-state index contributed by atoms with van der Waals surface area (Å²) in [5.74, 6) is 0. The van der Waals surface area contributed by atoms with Crippen molar-refractivity contribution in [2.45, 2.75) is 0 Å². The van der Waals surface area contributed by atoms with Crippen molar-refractivity contribution in [3.05, 3.63) is 63.1 Å². The average Bonchev–Trinajstić information content (AvgIpc) is 2.55. The zero-order valence-electron chi connectivity index (χ0n) is 13.5. The smallest absolute Gasteiger partial charge is 0.280 e. The Morgan fingerprint density at radius 3 is 1.29 bits per heavy atom. The van der Waals surface area contributed by atoms with E-state index >= 15 is 0 Å². The molecule has 0 N–H and O–H groups in total. The molecule has 0 aromatic carbocycles. The van der Waals surface area contributed by atoms with E-state index in [9.17, 15) is 19.2 Å². The molecule has 3 rings (SSSR count). The van der Waals surface area contributed by atoms with Crippen molar-refractivity contribution >= 4 is 12.4 Å². The molecule has 0 amide bonds. The summed E-state index contributed by atoms with van der Waals surface area (Å²) in [5.41, 5.74) is -2.03. The quantitative estimate of drug-likeness (QED) is 0.481. The van der Waals surface area contributed by atoms with Crippen LogP contribution in [0.25, 0.3) is 12.4 Å².